The van der Waals surface area contributed by atoms with E-state index in [-0.39, 0.29) is 24.0 Å². The van der Waals surface area contributed by atoms with Gasteiger partial charge < -0.3 is 16.2 Å². The van der Waals surface area contributed by atoms with Gasteiger partial charge in [0.1, 0.15) is 11.5 Å². The van der Waals surface area contributed by atoms with E-state index in [2.05, 4.69) is 15.5 Å². The zero-order valence-electron chi connectivity index (χ0n) is 9.28. The minimum Gasteiger partial charge on any atom is -0.387 e. The maximum Gasteiger partial charge on any atom is 0.269 e. The molecule has 1 heterocycles. The van der Waals surface area contributed by atoms with E-state index < -0.39 is 5.60 Å². The van der Waals surface area contributed by atoms with Crippen molar-refractivity contribution in [2.45, 2.75) is 12.5 Å². The number of nitrogens with zero attached hydrogens (tertiary/aromatic N) is 1. The summed E-state index contributed by atoms with van der Waals surface area (Å²) in [7, 11) is 0. The van der Waals surface area contributed by atoms with Crippen molar-refractivity contribution in [2.24, 2.45) is 0 Å². The molecular weight excluding hydrogens is 228 g/mol. The molecule has 0 fully saturated rings. The lowest BCUT2D eigenvalue weighted by Gasteiger charge is -2.22. The summed E-state index contributed by atoms with van der Waals surface area (Å²) in [5, 5.41) is 18.6. The Morgan fingerprint density at radius 2 is 2.50 bits per heavy atom. The molecule has 1 amide bonds. The van der Waals surface area contributed by atoms with E-state index >= 15 is 0 Å². The lowest BCUT2D eigenvalue weighted by Crippen LogP contribution is -2.42. The maximum absolute atomic E-state index is 11.6. The molecule has 0 bridgehead atoms. The highest BCUT2D eigenvalue weighted by Gasteiger charge is 2.21. The second-order valence-corrected chi connectivity index (χ2v) is 4.69. The van der Waals surface area contributed by atoms with Crippen molar-refractivity contribution < 1.29 is 9.90 Å². The van der Waals surface area contributed by atoms with Crippen LogP contribution in [0.1, 0.15) is 17.4 Å². The van der Waals surface area contributed by atoms with Gasteiger partial charge in [0, 0.05) is 18.4 Å². The predicted octanol–water partition coefficient (Wildman–Crippen LogP) is -0.164. The molecule has 90 valence electrons. The van der Waals surface area contributed by atoms with Gasteiger partial charge in [0.15, 0.2) is 0 Å². The second kappa shape index (κ2) is 5.22. The van der Waals surface area contributed by atoms with Gasteiger partial charge in [0.2, 0.25) is 0 Å². The number of anilines is 1. The van der Waals surface area contributed by atoms with Crippen LogP contribution in [0.25, 0.3) is 0 Å². The third-order valence-electron chi connectivity index (χ3n) is 1.93. The number of aliphatic hydroxyl groups is 1. The van der Waals surface area contributed by atoms with Crippen LogP contribution in [0.2, 0.25) is 0 Å². The molecule has 5 N–H and O–H groups in total. The van der Waals surface area contributed by atoms with Crippen LogP contribution in [0.3, 0.4) is 0 Å². The molecule has 0 aliphatic carbocycles. The van der Waals surface area contributed by atoms with Crippen molar-refractivity contribution in [3.05, 3.63) is 11.8 Å². The molecule has 1 aromatic heterocycles. The summed E-state index contributed by atoms with van der Waals surface area (Å²) in [5.74, 6) is 0.491. The van der Waals surface area contributed by atoms with Crippen LogP contribution < -0.4 is 11.1 Å². The highest BCUT2D eigenvalue weighted by molar-refractivity contribution is 7.98. The van der Waals surface area contributed by atoms with E-state index in [9.17, 15) is 9.90 Å². The number of aromatic amines is 1. The smallest absolute Gasteiger partial charge is 0.269 e. The molecular formula is C9H16N4O2S. The summed E-state index contributed by atoms with van der Waals surface area (Å²) < 4.78 is 0. The van der Waals surface area contributed by atoms with E-state index in [1.807, 2.05) is 6.26 Å². The quantitative estimate of drug-likeness (QED) is 0.576. The Bertz CT molecular complexity index is 364. The first-order chi connectivity index (χ1) is 7.44. The van der Waals surface area contributed by atoms with Crippen LogP contribution in [-0.2, 0) is 0 Å². The van der Waals surface area contributed by atoms with Crippen molar-refractivity contribution in [3.63, 3.8) is 0 Å². The van der Waals surface area contributed by atoms with Crippen LogP contribution in [0.5, 0.6) is 0 Å². The topological polar surface area (TPSA) is 104 Å². The fourth-order valence-corrected chi connectivity index (χ4v) is 1.91. The standard InChI is InChI=1S/C9H16N4O2S/c1-9(15,5-16-2)4-11-8(14)6-3-7(10)13-12-6/h3,15H,4-5H2,1-2H3,(H,11,14)(H3,10,12,13). The lowest BCUT2D eigenvalue weighted by atomic mass is 10.1. The highest BCUT2D eigenvalue weighted by atomic mass is 32.2. The average Bonchev–Trinajstić information content (AvgIpc) is 2.61. The fraction of sp³-hybridized carbons (Fsp3) is 0.556. The van der Waals surface area contributed by atoms with Gasteiger partial charge >= 0.3 is 0 Å². The summed E-state index contributed by atoms with van der Waals surface area (Å²) >= 11 is 1.52. The highest BCUT2D eigenvalue weighted by Crippen LogP contribution is 2.09. The Morgan fingerprint density at radius 1 is 1.81 bits per heavy atom. The van der Waals surface area contributed by atoms with E-state index in [1.54, 1.807) is 6.92 Å². The number of carbonyl (C=O) groups excluding carboxylic acids is 1. The third kappa shape index (κ3) is 3.74. The number of aromatic nitrogens is 2. The molecule has 6 nitrogen and oxygen atoms in total. The number of H-pyrrole nitrogens is 1. The molecule has 1 rings (SSSR count). The largest absolute Gasteiger partial charge is 0.387 e. The Balaban J connectivity index is 2.47. The molecule has 1 aromatic rings. The minimum absolute atomic E-state index is 0.186. The van der Waals surface area contributed by atoms with Gasteiger partial charge in [0.25, 0.3) is 5.91 Å². The first kappa shape index (κ1) is 12.9. The zero-order valence-corrected chi connectivity index (χ0v) is 10.1. The summed E-state index contributed by atoms with van der Waals surface area (Å²) in [6.07, 6.45) is 1.89. The maximum atomic E-state index is 11.6. The van der Waals surface area contributed by atoms with E-state index in [1.165, 1.54) is 17.8 Å². The molecule has 0 saturated carbocycles. The van der Waals surface area contributed by atoms with E-state index in [4.69, 9.17) is 5.73 Å². The van der Waals surface area contributed by atoms with Gasteiger partial charge in [-0.3, -0.25) is 9.89 Å². The number of rotatable bonds is 5. The molecule has 0 aliphatic heterocycles. The minimum atomic E-state index is -0.916. The normalized spacial score (nSPS) is 14.4. The van der Waals surface area contributed by atoms with Crippen LogP contribution in [-0.4, -0.2) is 45.4 Å². The van der Waals surface area contributed by atoms with Gasteiger partial charge in [-0.15, -0.1) is 0 Å². The summed E-state index contributed by atoms with van der Waals surface area (Å²) in [6, 6.07) is 1.44. The van der Waals surface area contributed by atoms with Gasteiger partial charge in [-0.1, -0.05) is 0 Å². The van der Waals surface area contributed by atoms with Crippen LogP contribution >= 0.6 is 11.8 Å². The van der Waals surface area contributed by atoms with Gasteiger partial charge in [-0.05, 0) is 13.2 Å². The van der Waals surface area contributed by atoms with E-state index in [0.29, 0.717) is 5.75 Å². The first-order valence-corrected chi connectivity index (χ1v) is 6.14. The Labute approximate surface area is 98.0 Å². The van der Waals surface area contributed by atoms with Gasteiger partial charge in [0.05, 0.1) is 5.60 Å². The Kier molecular flexibility index (Phi) is 4.19. The van der Waals surface area contributed by atoms with Crippen molar-refractivity contribution >= 4 is 23.5 Å². The van der Waals surface area contributed by atoms with Crippen LogP contribution in [0, 0.1) is 0 Å². The predicted molar refractivity (Wildman–Crippen MR) is 64.3 cm³/mol. The lowest BCUT2D eigenvalue weighted by molar-refractivity contribution is 0.0722. The molecule has 0 saturated heterocycles. The molecule has 0 radical (unpaired) electrons. The molecule has 0 aliphatic rings. The Morgan fingerprint density at radius 3 is 3.00 bits per heavy atom. The number of amides is 1. The molecule has 0 spiro atoms. The SMILES string of the molecule is CSCC(C)(O)CNC(=O)c1cc(N)n[nH]1. The average molecular weight is 244 g/mol. The van der Waals surface area contributed by atoms with Crippen molar-refractivity contribution in [2.75, 3.05) is 24.3 Å². The summed E-state index contributed by atoms with van der Waals surface area (Å²) in [6.45, 7) is 1.86. The zero-order chi connectivity index (χ0) is 12.2. The van der Waals surface area contributed by atoms with E-state index in [0.717, 1.165) is 0 Å². The van der Waals surface area contributed by atoms with Crippen molar-refractivity contribution in [1.29, 1.82) is 0 Å². The molecule has 1 atom stereocenters. The molecule has 1 unspecified atom stereocenters. The number of nitrogen functional groups attached to an aromatic ring is 1. The fourth-order valence-electron chi connectivity index (χ4n) is 1.18. The second-order valence-electron chi connectivity index (χ2n) is 3.82. The number of nitrogens with two attached hydrogens (primary N) is 1. The molecule has 0 aromatic carbocycles. The molecule has 16 heavy (non-hydrogen) atoms. The monoisotopic (exact) mass is 244 g/mol. The molecule has 7 heteroatoms. The van der Waals surface area contributed by atoms with Crippen LogP contribution in [0.4, 0.5) is 5.82 Å². The summed E-state index contributed by atoms with van der Waals surface area (Å²) in [5.41, 5.74) is 4.74. The third-order valence-corrected chi connectivity index (χ3v) is 2.84. The number of hydrogen-bond donors (Lipinski definition) is 4. The number of nitrogens with one attached hydrogen (secondary N) is 2. The van der Waals surface area contributed by atoms with Crippen molar-refractivity contribution in [1.82, 2.24) is 15.5 Å². The van der Waals surface area contributed by atoms with Crippen LogP contribution in [0.15, 0.2) is 6.07 Å². The van der Waals surface area contributed by atoms with Gasteiger partial charge in [-0.25, -0.2) is 0 Å². The summed E-state index contributed by atoms with van der Waals surface area (Å²) in [4.78, 5) is 11.6. The van der Waals surface area contributed by atoms with Crippen molar-refractivity contribution in [3.8, 4) is 0 Å². The number of carbonyl (C=O) groups is 1. The Hall–Kier alpha value is -1.21. The number of hydrogen-bond acceptors (Lipinski definition) is 5. The first-order valence-electron chi connectivity index (χ1n) is 4.75. The van der Waals surface area contributed by atoms with Gasteiger partial charge in [-0.2, -0.15) is 16.9 Å². The number of thioether (sulfide) groups is 1.